The fourth-order valence-electron chi connectivity index (χ4n) is 2.63. The highest BCUT2D eigenvalue weighted by Crippen LogP contribution is 2.62. The standard InChI is InChI=1S/C16H16F15NOS2/c17-10(18,7-32-9(33)4-2-1-3-8-5-6-34-35-8)11(19,20)12(21,22)13(23,24)14(25,26)15(27,28)16(29,30)31/h8H,1-7H2,(H,32,33). The van der Waals surface area contributed by atoms with Gasteiger partial charge in [-0.15, -0.1) is 0 Å². The molecule has 1 fully saturated rings. The number of hydrogen-bond acceptors (Lipinski definition) is 3. The zero-order valence-corrected chi connectivity index (χ0v) is 18.6. The Morgan fingerprint density at radius 1 is 0.714 bits per heavy atom. The highest BCUT2D eigenvalue weighted by atomic mass is 33.1. The number of unbranched alkanes of at least 4 members (excludes halogenated alkanes) is 1. The van der Waals surface area contributed by atoms with Crippen molar-refractivity contribution in [3.05, 3.63) is 0 Å². The van der Waals surface area contributed by atoms with Gasteiger partial charge in [0.15, 0.2) is 0 Å². The summed E-state index contributed by atoms with van der Waals surface area (Å²) in [7, 11) is 3.16. The average Bonchev–Trinajstić information content (AvgIpc) is 3.21. The van der Waals surface area contributed by atoms with E-state index in [1.54, 1.807) is 21.6 Å². The molecule has 0 bridgehead atoms. The second-order valence-electron chi connectivity index (χ2n) is 7.43. The van der Waals surface area contributed by atoms with Crippen LogP contribution in [0.4, 0.5) is 65.9 Å². The molecule has 2 nitrogen and oxygen atoms in total. The lowest BCUT2D eigenvalue weighted by atomic mass is 9.91. The van der Waals surface area contributed by atoms with Gasteiger partial charge in [-0.3, -0.25) is 4.79 Å². The SMILES string of the molecule is O=C(CCCCC1CCSS1)NCC(F)(F)C(F)(F)C(F)(F)C(F)(F)C(F)(F)C(F)(F)C(F)(F)F. The number of nitrogens with one attached hydrogen (secondary N) is 1. The number of hydrogen-bond donors (Lipinski definition) is 1. The lowest BCUT2D eigenvalue weighted by molar-refractivity contribution is -0.451. The van der Waals surface area contributed by atoms with Gasteiger partial charge in [0.1, 0.15) is 0 Å². The van der Waals surface area contributed by atoms with Gasteiger partial charge in [0, 0.05) is 17.4 Å². The smallest absolute Gasteiger partial charge is 0.350 e. The highest BCUT2D eigenvalue weighted by Gasteiger charge is 2.93. The van der Waals surface area contributed by atoms with E-state index in [0.717, 1.165) is 17.5 Å². The molecule has 0 aromatic rings. The number of rotatable bonds is 12. The fraction of sp³-hybridized carbons (Fsp3) is 0.938. The minimum atomic E-state index is -8.33. The number of halogens is 15. The molecule has 1 rings (SSSR count). The van der Waals surface area contributed by atoms with Crippen LogP contribution in [0, 0.1) is 0 Å². The van der Waals surface area contributed by atoms with Crippen molar-refractivity contribution >= 4 is 27.5 Å². The molecule has 0 aromatic carbocycles. The van der Waals surface area contributed by atoms with Crippen molar-refractivity contribution in [2.24, 2.45) is 0 Å². The molecule has 1 aliphatic heterocycles. The Hall–Kier alpha value is -0.880. The molecule has 0 aromatic heterocycles. The highest BCUT2D eigenvalue weighted by molar-refractivity contribution is 8.77. The lowest BCUT2D eigenvalue weighted by Gasteiger charge is -2.41. The Morgan fingerprint density at radius 3 is 1.66 bits per heavy atom. The topological polar surface area (TPSA) is 29.1 Å². The second kappa shape index (κ2) is 10.5. The summed E-state index contributed by atoms with van der Waals surface area (Å²) in [5, 5.41) is 1.25. The second-order valence-corrected chi connectivity index (χ2v) is 10.2. The Kier molecular flexibility index (Phi) is 9.62. The van der Waals surface area contributed by atoms with E-state index < -0.39 is 60.6 Å². The van der Waals surface area contributed by atoms with Gasteiger partial charge in [-0.05, 0) is 19.3 Å². The normalized spacial score (nSPS) is 19.2. The van der Waals surface area contributed by atoms with E-state index in [2.05, 4.69) is 0 Å². The quantitative estimate of drug-likeness (QED) is 0.149. The van der Waals surface area contributed by atoms with Crippen LogP contribution in [0.1, 0.15) is 32.1 Å². The first-order valence-corrected chi connectivity index (χ1v) is 11.7. The van der Waals surface area contributed by atoms with Crippen LogP contribution < -0.4 is 5.32 Å². The van der Waals surface area contributed by atoms with Crippen LogP contribution in [0.3, 0.4) is 0 Å². The van der Waals surface area contributed by atoms with Crippen LogP contribution in [-0.2, 0) is 4.79 Å². The third-order valence-corrected chi connectivity index (χ3v) is 7.81. The van der Waals surface area contributed by atoms with E-state index in [4.69, 9.17) is 0 Å². The van der Waals surface area contributed by atoms with Crippen LogP contribution in [0.2, 0.25) is 0 Å². The predicted molar refractivity (Wildman–Crippen MR) is 95.7 cm³/mol. The molecule has 1 aliphatic rings. The summed E-state index contributed by atoms with van der Waals surface area (Å²) in [5.74, 6) is -47.4. The summed E-state index contributed by atoms with van der Waals surface area (Å²) in [6.07, 6.45) is -6.41. The maximum absolute atomic E-state index is 13.7. The average molecular weight is 587 g/mol. The first kappa shape index (κ1) is 32.1. The molecule has 0 saturated carbocycles. The maximum atomic E-state index is 13.7. The van der Waals surface area contributed by atoms with Crippen molar-refractivity contribution in [1.82, 2.24) is 5.32 Å². The molecule has 1 atom stereocenters. The van der Waals surface area contributed by atoms with E-state index in [1.165, 1.54) is 0 Å². The third kappa shape index (κ3) is 6.00. The molecule has 0 radical (unpaired) electrons. The molecule has 0 spiro atoms. The monoisotopic (exact) mass is 587 g/mol. The van der Waals surface area contributed by atoms with Crippen molar-refractivity contribution in [3.8, 4) is 0 Å². The molecule has 0 aliphatic carbocycles. The van der Waals surface area contributed by atoms with Gasteiger partial charge in [0.05, 0.1) is 6.54 Å². The summed E-state index contributed by atoms with van der Waals surface area (Å²) < 4.78 is 196. The Bertz CT molecular complexity index is 735. The van der Waals surface area contributed by atoms with Crippen molar-refractivity contribution in [3.63, 3.8) is 0 Å². The van der Waals surface area contributed by atoms with E-state index >= 15 is 0 Å². The van der Waals surface area contributed by atoms with Crippen LogP contribution in [0.15, 0.2) is 0 Å². The minimum Gasteiger partial charge on any atom is -0.350 e. The van der Waals surface area contributed by atoms with E-state index in [9.17, 15) is 70.7 Å². The zero-order chi connectivity index (χ0) is 27.7. The van der Waals surface area contributed by atoms with E-state index in [0.29, 0.717) is 12.8 Å². The molecular weight excluding hydrogens is 571 g/mol. The van der Waals surface area contributed by atoms with Crippen molar-refractivity contribution in [2.45, 2.75) is 79.1 Å². The Balaban J connectivity index is 2.93. The minimum absolute atomic E-state index is 0.0164. The molecule has 1 saturated heterocycles. The molecule has 35 heavy (non-hydrogen) atoms. The van der Waals surface area contributed by atoms with Crippen molar-refractivity contribution < 1.29 is 70.7 Å². The van der Waals surface area contributed by atoms with Crippen LogP contribution in [0.25, 0.3) is 0 Å². The lowest BCUT2D eigenvalue weighted by Crippen LogP contribution is -2.73. The Labute approximate surface area is 195 Å². The first-order valence-electron chi connectivity index (χ1n) is 9.36. The number of amides is 1. The van der Waals surface area contributed by atoms with Gasteiger partial charge in [-0.1, -0.05) is 28.0 Å². The maximum Gasteiger partial charge on any atom is 0.460 e. The van der Waals surface area contributed by atoms with Gasteiger partial charge in [0.2, 0.25) is 5.91 Å². The fourth-order valence-corrected chi connectivity index (χ4v) is 5.66. The molecule has 1 N–H and O–H groups in total. The van der Waals surface area contributed by atoms with Crippen LogP contribution in [-0.4, -0.2) is 65.2 Å². The number of carbonyl (C=O) groups is 1. The summed E-state index contributed by atoms with van der Waals surface area (Å²) in [6.45, 7) is -2.83. The van der Waals surface area contributed by atoms with Crippen LogP contribution in [0.5, 0.6) is 0 Å². The summed E-state index contributed by atoms with van der Waals surface area (Å²) in [5.41, 5.74) is 0. The van der Waals surface area contributed by atoms with Gasteiger partial charge in [0.25, 0.3) is 0 Å². The zero-order valence-electron chi connectivity index (χ0n) is 16.9. The van der Waals surface area contributed by atoms with E-state index in [-0.39, 0.29) is 11.7 Å². The van der Waals surface area contributed by atoms with Gasteiger partial charge in [-0.2, -0.15) is 65.9 Å². The van der Waals surface area contributed by atoms with Gasteiger partial charge >= 0.3 is 41.7 Å². The summed E-state index contributed by atoms with van der Waals surface area (Å²) in [4.78, 5) is 11.5. The van der Waals surface area contributed by atoms with Crippen LogP contribution >= 0.6 is 21.6 Å². The number of alkyl halides is 15. The van der Waals surface area contributed by atoms with Crippen molar-refractivity contribution in [2.75, 3.05) is 12.3 Å². The summed E-state index contributed by atoms with van der Waals surface area (Å²) in [6, 6.07) is 0. The molecular formula is C16H16F15NOS2. The predicted octanol–water partition coefficient (Wildman–Crippen LogP) is 7.19. The summed E-state index contributed by atoms with van der Waals surface area (Å²) >= 11 is 0. The molecule has 208 valence electrons. The molecule has 1 unspecified atom stereocenters. The first-order chi connectivity index (χ1) is 15.5. The molecule has 19 heteroatoms. The van der Waals surface area contributed by atoms with Gasteiger partial charge in [-0.25, -0.2) is 0 Å². The Morgan fingerprint density at radius 2 is 1.20 bits per heavy atom. The molecule has 1 heterocycles. The van der Waals surface area contributed by atoms with Gasteiger partial charge < -0.3 is 5.32 Å². The number of carbonyl (C=O) groups excluding carboxylic acids is 1. The largest absolute Gasteiger partial charge is 0.460 e. The third-order valence-electron chi connectivity index (χ3n) is 4.81. The molecule has 1 amide bonds. The van der Waals surface area contributed by atoms with Crippen molar-refractivity contribution in [1.29, 1.82) is 0 Å². The van der Waals surface area contributed by atoms with E-state index in [1.807, 2.05) is 0 Å².